The van der Waals surface area contributed by atoms with E-state index in [4.69, 9.17) is 9.47 Å². The number of amides is 2. The van der Waals surface area contributed by atoms with Crippen LogP contribution < -0.4 is 15.4 Å². The Balaban J connectivity index is 2.04. The summed E-state index contributed by atoms with van der Waals surface area (Å²) in [5, 5.41) is 5.67. The summed E-state index contributed by atoms with van der Waals surface area (Å²) < 4.78 is 10.7. The van der Waals surface area contributed by atoms with Crippen LogP contribution in [0.3, 0.4) is 0 Å². The Morgan fingerprint density at radius 2 is 1.82 bits per heavy atom. The van der Waals surface area contributed by atoms with Crippen molar-refractivity contribution in [3.8, 4) is 5.75 Å². The molecule has 0 radical (unpaired) electrons. The van der Waals surface area contributed by atoms with Gasteiger partial charge in [0.2, 0.25) is 0 Å². The van der Waals surface area contributed by atoms with E-state index >= 15 is 0 Å². The quantitative estimate of drug-likeness (QED) is 0.612. The Bertz CT molecular complexity index is 790. The number of ether oxygens (including phenoxy) is 2. The maximum atomic E-state index is 12.7. The summed E-state index contributed by atoms with van der Waals surface area (Å²) in [6.07, 6.45) is 0.742. The molecule has 150 valence electrons. The first-order chi connectivity index (χ1) is 13.5. The Hall–Kier alpha value is -2.86. The number of hydrogen-bond donors (Lipinski definition) is 2. The lowest BCUT2D eigenvalue weighted by atomic mass is 10.1. The topological polar surface area (TPSA) is 76.7 Å². The van der Waals surface area contributed by atoms with E-state index in [1.54, 1.807) is 49.6 Å². The zero-order valence-electron chi connectivity index (χ0n) is 16.7. The Kier molecular flexibility index (Phi) is 8.49. The molecule has 0 heterocycles. The van der Waals surface area contributed by atoms with Crippen molar-refractivity contribution in [3.63, 3.8) is 0 Å². The van der Waals surface area contributed by atoms with Crippen LogP contribution in [-0.2, 0) is 4.74 Å². The van der Waals surface area contributed by atoms with E-state index in [0.717, 1.165) is 6.42 Å². The van der Waals surface area contributed by atoms with Crippen molar-refractivity contribution >= 4 is 17.5 Å². The van der Waals surface area contributed by atoms with Gasteiger partial charge in [0.25, 0.3) is 11.8 Å². The van der Waals surface area contributed by atoms with Crippen molar-refractivity contribution in [2.24, 2.45) is 5.92 Å². The lowest BCUT2D eigenvalue weighted by Gasteiger charge is -2.13. The molecule has 2 rings (SSSR count). The molecule has 0 saturated carbocycles. The molecule has 0 spiro atoms. The molecule has 2 aromatic carbocycles. The van der Waals surface area contributed by atoms with Crippen molar-refractivity contribution in [1.82, 2.24) is 5.32 Å². The molecule has 6 heteroatoms. The molecule has 0 aliphatic rings. The summed E-state index contributed by atoms with van der Waals surface area (Å²) in [7, 11) is 1.62. The average molecular weight is 384 g/mol. The largest absolute Gasteiger partial charge is 0.492 e. The highest BCUT2D eigenvalue weighted by atomic mass is 16.5. The number of para-hydroxylation sites is 1. The fourth-order valence-corrected chi connectivity index (χ4v) is 2.49. The van der Waals surface area contributed by atoms with Gasteiger partial charge in [0.1, 0.15) is 5.75 Å². The summed E-state index contributed by atoms with van der Waals surface area (Å²) in [5.41, 5.74) is 1.49. The van der Waals surface area contributed by atoms with E-state index < -0.39 is 0 Å². The minimum absolute atomic E-state index is 0.187. The molecule has 0 saturated heterocycles. The molecule has 0 atom stereocenters. The van der Waals surface area contributed by atoms with Gasteiger partial charge in [-0.25, -0.2) is 0 Å². The number of rotatable bonds is 10. The van der Waals surface area contributed by atoms with Crippen molar-refractivity contribution in [2.45, 2.75) is 20.3 Å². The van der Waals surface area contributed by atoms with E-state index in [2.05, 4.69) is 24.5 Å². The molecule has 0 aromatic heterocycles. The highest BCUT2D eigenvalue weighted by Gasteiger charge is 2.14. The number of hydrogen-bond acceptors (Lipinski definition) is 4. The molecule has 0 fully saturated rings. The maximum absolute atomic E-state index is 12.7. The third kappa shape index (κ3) is 6.70. The van der Waals surface area contributed by atoms with Gasteiger partial charge < -0.3 is 20.1 Å². The summed E-state index contributed by atoms with van der Waals surface area (Å²) in [6.45, 7) is 5.75. The number of carbonyl (C=O) groups is 2. The van der Waals surface area contributed by atoms with Gasteiger partial charge in [0, 0.05) is 31.5 Å². The summed E-state index contributed by atoms with van der Waals surface area (Å²) in [6, 6.07) is 14.0. The first kappa shape index (κ1) is 21.4. The van der Waals surface area contributed by atoms with Gasteiger partial charge in [-0.3, -0.25) is 9.59 Å². The molecule has 0 bridgehead atoms. The standard InChI is InChI=1S/C22H28N2O4/c1-16(2)15-28-20-11-5-4-10-19(20)22(26)24-18-9-6-8-17(14-18)21(25)23-12-7-13-27-3/h4-6,8-11,14,16H,7,12-13,15H2,1-3H3,(H,23,25)(H,24,26). The highest BCUT2D eigenvalue weighted by Crippen LogP contribution is 2.21. The minimum atomic E-state index is -0.281. The van der Waals surface area contributed by atoms with Crippen molar-refractivity contribution < 1.29 is 19.1 Å². The number of benzene rings is 2. The van der Waals surface area contributed by atoms with E-state index in [0.29, 0.717) is 48.2 Å². The number of methoxy groups -OCH3 is 1. The van der Waals surface area contributed by atoms with E-state index in [9.17, 15) is 9.59 Å². The molecule has 2 N–H and O–H groups in total. The first-order valence-electron chi connectivity index (χ1n) is 9.41. The monoisotopic (exact) mass is 384 g/mol. The van der Waals surface area contributed by atoms with Crippen molar-refractivity contribution in [1.29, 1.82) is 0 Å². The third-order valence-electron chi connectivity index (χ3n) is 3.90. The van der Waals surface area contributed by atoms with Crippen LogP contribution in [0.15, 0.2) is 48.5 Å². The average Bonchev–Trinajstić information content (AvgIpc) is 2.70. The fourth-order valence-electron chi connectivity index (χ4n) is 2.49. The zero-order valence-corrected chi connectivity index (χ0v) is 16.7. The van der Waals surface area contributed by atoms with Crippen LogP contribution >= 0.6 is 0 Å². The van der Waals surface area contributed by atoms with Gasteiger partial charge in [0.15, 0.2) is 0 Å². The molecule has 28 heavy (non-hydrogen) atoms. The van der Waals surface area contributed by atoms with Gasteiger partial charge in [0.05, 0.1) is 12.2 Å². The van der Waals surface area contributed by atoms with Gasteiger partial charge in [-0.2, -0.15) is 0 Å². The lowest BCUT2D eigenvalue weighted by Crippen LogP contribution is -2.25. The second-order valence-corrected chi connectivity index (χ2v) is 6.84. The normalized spacial score (nSPS) is 10.6. The zero-order chi connectivity index (χ0) is 20.4. The van der Waals surface area contributed by atoms with E-state index in [1.165, 1.54) is 0 Å². The Morgan fingerprint density at radius 1 is 1.04 bits per heavy atom. The molecule has 2 aromatic rings. The number of carbonyl (C=O) groups excluding carboxylic acids is 2. The number of anilines is 1. The maximum Gasteiger partial charge on any atom is 0.259 e. The van der Waals surface area contributed by atoms with Crippen LogP contribution in [-0.4, -0.2) is 38.7 Å². The smallest absolute Gasteiger partial charge is 0.259 e. The summed E-state index contributed by atoms with van der Waals surface area (Å²) in [4.78, 5) is 24.9. The van der Waals surface area contributed by atoms with Gasteiger partial charge in [-0.05, 0) is 42.7 Å². The van der Waals surface area contributed by atoms with Gasteiger partial charge >= 0.3 is 0 Å². The van der Waals surface area contributed by atoms with Gasteiger partial charge in [-0.1, -0.05) is 32.0 Å². The van der Waals surface area contributed by atoms with E-state index in [1.807, 2.05) is 6.07 Å². The van der Waals surface area contributed by atoms with Crippen LogP contribution in [0.25, 0.3) is 0 Å². The molecular weight excluding hydrogens is 356 g/mol. The SMILES string of the molecule is COCCCNC(=O)c1cccc(NC(=O)c2ccccc2OCC(C)C)c1. The van der Waals surface area contributed by atoms with Crippen LogP contribution in [0, 0.1) is 5.92 Å². The minimum Gasteiger partial charge on any atom is -0.492 e. The molecule has 0 aliphatic carbocycles. The molecule has 6 nitrogen and oxygen atoms in total. The van der Waals surface area contributed by atoms with Crippen molar-refractivity contribution in [2.75, 3.05) is 32.2 Å². The van der Waals surface area contributed by atoms with Crippen LogP contribution in [0.2, 0.25) is 0 Å². The van der Waals surface area contributed by atoms with Gasteiger partial charge in [-0.15, -0.1) is 0 Å². The van der Waals surface area contributed by atoms with Crippen molar-refractivity contribution in [3.05, 3.63) is 59.7 Å². The van der Waals surface area contributed by atoms with Crippen LogP contribution in [0.5, 0.6) is 5.75 Å². The van der Waals surface area contributed by atoms with E-state index in [-0.39, 0.29) is 11.8 Å². The summed E-state index contributed by atoms with van der Waals surface area (Å²) in [5.74, 6) is 0.431. The molecular formula is C22H28N2O4. The number of nitrogens with one attached hydrogen (secondary N) is 2. The van der Waals surface area contributed by atoms with Crippen LogP contribution in [0.1, 0.15) is 41.0 Å². The fraction of sp³-hybridized carbons (Fsp3) is 0.364. The molecule has 0 unspecified atom stereocenters. The molecule has 2 amide bonds. The predicted octanol–water partition coefficient (Wildman–Crippen LogP) is 3.74. The highest BCUT2D eigenvalue weighted by molar-refractivity contribution is 6.06. The lowest BCUT2D eigenvalue weighted by molar-refractivity contribution is 0.0947. The summed E-state index contributed by atoms with van der Waals surface area (Å²) >= 11 is 0. The van der Waals surface area contributed by atoms with Crippen LogP contribution in [0.4, 0.5) is 5.69 Å². The predicted molar refractivity (Wildman–Crippen MR) is 110 cm³/mol. The molecule has 0 aliphatic heterocycles. The Morgan fingerprint density at radius 3 is 2.57 bits per heavy atom. The Labute approximate surface area is 166 Å². The second-order valence-electron chi connectivity index (χ2n) is 6.84. The third-order valence-corrected chi connectivity index (χ3v) is 3.90. The second kappa shape index (κ2) is 11.1. The first-order valence-corrected chi connectivity index (χ1v) is 9.41.